The van der Waals surface area contributed by atoms with E-state index in [1.54, 1.807) is 29.2 Å². The molecule has 2 aromatic rings. The van der Waals surface area contributed by atoms with Gasteiger partial charge in [0.15, 0.2) is 0 Å². The molecule has 1 fully saturated rings. The minimum atomic E-state index is -0.445. The number of carbonyl (C=O) groups is 1. The molecule has 0 bridgehead atoms. The monoisotopic (exact) mass is 329 g/mol. The summed E-state index contributed by atoms with van der Waals surface area (Å²) in [5, 5.41) is 11.1. The summed E-state index contributed by atoms with van der Waals surface area (Å²) in [6.45, 7) is 1.85. The molecule has 1 aliphatic rings. The van der Waals surface area contributed by atoms with E-state index in [-0.39, 0.29) is 11.6 Å². The van der Waals surface area contributed by atoms with Gasteiger partial charge in [-0.2, -0.15) is 0 Å². The first-order valence-corrected chi connectivity index (χ1v) is 7.59. The van der Waals surface area contributed by atoms with E-state index in [2.05, 4.69) is 0 Å². The standard InChI is InChI=1S/C17H16FN3O3/c18-14-5-3-4-13(12-14)17(22)20-10-8-19(9-11-20)15-6-1-2-7-16(15)21(23)24/h1-7,12H,8-11H2. The number of benzene rings is 2. The number of carbonyl (C=O) groups excluding carboxylic acids is 1. The molecule has 0 aromatic heterocycles. The highest BCUT2D eigenvalue weighted by atomic mass is 19.1. The van der Waals surface area contributed by atoms with Crippen LogP contribution in [0.15, 0.2) is 48.5 Å². The first kappa shape index (κ1) is 15.9. The van der Waals surface area contributed by atoms with Gasteiger partial charge in [-0.1, -0.05) is 18.2 Å². The lowest BCUT2D eigenvalue weighted by Crippen LogP contribution is -2.49. The Bertz CT molecular complexity index is 773. The predicted octanol–water partition coefficient (Wildman–Crippen LogP) is 2.70. The third-order valence-electron chi connectivity index (χ3n) is 4.06. The fraction of sp³-hybridized carbons (Fsp3) is 0.235. The van der Waals surface area contributed by atoms with Crippen LogP contribution in [-0.2, 0) is 0 Å². The summed E-state index contributed by atoms with van der Waals surface area (Å²) in [5.74, 6) is -0.670. The minimum Gasteiger partial charge on any atom is -0.362 e. The van der Waals surface area contributed by atoms with Gasteiger partial charge in [-0.15, -0.1) is 0 Å². The molecule has 0 aliphatic carbocycles. The van der Waals surface area contributed by atoms with Crippen LogP contribution in [0.5, 0.6) is 0 Å². The maximum absolute atomic E-state index is 13.3. The molecule has 6 nitrogen and oxygen atoms in total. The smallest absolute Gasteiger partial charge is 0.292 e. The molecule has 0 atom stereocenters. The fourth-order valence-electron chi connectivity index (χ4n) is 2.84. The summed E-state index contributed by atoms with van der Waals surface area (Å²) in [5.41, 5.74) is 0.928. The van der Waals surface area contributed by atoms with E-state index < -0.39 is 10.7 Å². The maximum atomic E-state index is 13.3. The van der Waals surface area contributed by atoms with Crippen LogP contribution in [0.25, 0.3) is 0 Å². The Morgan fingerprint density at radius 2 is 1.75 bits per heavy atom. The normalized spacial score (nSPS) is 14.5. The van der Waals surface area contributed by atoms with Crippen LogP contribution >= 0.6 is 0 Å². The Kier molecular flexibility index (Phi) is 4.41. The number of halogens is 1. The van der Waals surface area contributed by atoms with E-state index >= 15 is 0 Å². The van der Waals surface area contributed by atoms with Gasteiger partial charge < -0.3 is 9.80 Å². The van der Waals surface area contributed by atoms with Gasteiger partial charge in [0, 0.05) is 37.8 Å². The van der Waals surface area contributed by atoms with Crippen LogP contribution in [0.1, 0.15) is 10.4 Å². The van der Waals surface area contributed by atoms with Gasteiger partial charge in [0.05, 0.1) is 4.92 Å². The summed E-state index contributed by atoms with van der Waals surface area (Å²) in [6.07, 6.45) is 0. The van der Waals surface area contributed by atoms with E-state index in [0.29, 0.717) is 37.4 Å². The molecule has 3 rings (SSSR count). The van der Waals surface area contributed by atoms with Crippen molar-refractivity contribution in [2.45, 2.75) is 0 Å². The Labute approximate surface area is 138 Å². The lowest BCUT2D eigenvalue weighted by atomic mass is 10.1. The van der Waals surface area contributed by atoms with Gasteiger partial charge in [0.1, 0.15) is 11.5 Å². The average Bonchev–Trinajstić information content (AvgIpc) is 2.61. The third kappa shape index (κ3) is 3.19. The highest BCUT2D eigenvalue weighted by Gasteiger charge is 2.26. The zero-order valence-electron chi connectivity index (χ0n) is 12.9. The van der Waals surface area contributed by atoms with E-state index in [4.69, 9.17) is 0 Å². The highest BCUT2D eigenvalue weighted by molar-refractivity contribution is 5.94. The second-order valence-corrected chi connectivity index (χ2v) is 5.54. The molecule has 0 radical (unpaired) electrons. The SMILES string of the molecule is O=C(c1cccc(F)c1)N1CCN(c2ccccc2[N+](=O)[O-])CC1. The zero-order valence-corrected chi connectivity index (χ0v) is 12.9. The number of para-hydroxylation sites is 2. The molecule has 7 heteroatoms. The van der Waals surface area contributed by atoms with Crippen molar-refractivity contribution in [1.82, 2.24) is 4.90 Å². The number of hydrogen-bond donors (Lipinski definition) is 0. The first-order chi connectivity index (χ1) is 11.6. The topological polar surface area (TPSA) is 66.7 Å². The average molecular weight is 329 g/mol. The number of amides is 1. The van der Waals surface area contributed by atoms with Crippen LogP contribution in [0.3, 0.4) is 0 Å². The largest absolute Gasteiger partial charge is 0.362 e. The zero-order chi connectivity index (χ0) is 17.1. The molecule has 1 aliphatic heterocycles. The molecule has 0 N–H and O–H groups in total. The van der Waals surface area contributed by atoms with E-state index in [0.717, 1.165) is 0 Å². The van der Waals surface area contributed by atoms with E-state index in [9.17, 15) is 19.3 Å². The van der Waals surface area contributed by atoms with Gasteiger partial charge in [0.25, 0.3) is 11.6 Å². The maximum Gasteiger partial charge on any atom is 0.292 e. The van der Waals surface area contributed by atoms with Gasteiger partial charge in [0.2, 0.25) is 0 Å². The summed E-state index contributed by atoms with van der Waals surface area (Å²) in [7, 11) is 0. The molecule has 0 spiro atoms. The van der Waals surface area contributed by atoms with Gasteiger partial charge in [-0.05, 0) is 24.3 Å². The minimum absolute atomic E-state index is 0.0578. The van der Waals surface area contributed by atoms with Gasteiger partial charge in [-0.25, -0.2) is 4.39 Å². The quantitative estimate of drug-likeness (QED) is 0.641. The number of rotatable bonds is 3. The molecular formula is C17H16FN3O3. The predicted molar refractivity (Wildman–Crippen MR) is 87.6 cm³/mol. The van der Waals surface area contributed by atoms with Crippen molar-refractivity contribution >= 4 is 17.3 Å². The van der Waals surface area contributed by atoms with Crippen molar-refractivity contribution < 1.29 is 14.1 Å². The Morgan fingerprint density at radius 3 is 2.42 bits per heavy atom. The molecule has 2 aromatic carbocycles. The number of anilines is 1. The van der Waals surface area contributed by atoms with Crippen molar-refractivity contribution in [2.24, 2.45) is 0 Å². The summed E-state index contributed by atoms with van der Waals surface area (Å²) >= 11 is 0. The van der Waals surface area contributed by atoms with Crippen LogP contribution in [0.2, 0.25) is 0 Å². The van der Waals surface area contributed by atoms with Crippen molar-refractivity contribution in [3.63, 3.8) is 0 Å². The Morgan fingerprint density at radius 1 is 1.04 bits per heavy atom. The van der Waals surface area contributed by atoms with E-state index in [1.165, 1.54) is 24.3 Å². The molecule has 0 unspecified atom stereocenters. The third-order valence-corrected chi connectivity index (χ3v) is 4.06. The second-order valence-electron chi connectivity index (χ2n) is 5.54. The summed E-state index contributed by atoms with van der Waals surface area (Å²) in [6, 6.07) is 12.2. The van der Waals surface area contributed by atoms with E-state index in [1.807, 2.05) is 4.90 Å². The van der Waals surface area contributed by atoms with Crippen LogP contribution < -0.4 is 4.90 Å². The molecule has 24 heavy (non-hydrogen) atoms. The molecule has 1 amide bonds. The van der Waals surface area contributed by atoms with Gasteiger partial charge >= 0.3 is 0 Å². The molecule has 1 heterocycles. The molecule has 124 valence electrons. The number of nitro benzene ring substituents is 1. The Balaban J connectivity index is 1.70. The lowest BCUT2D eigenvalue weighted by molar-refractivity contribution is -0.384. The fourth-order valence-corrected chi connectivity index (χ4v) is 2.84. The van der Waals surface area contributed by atoms with Crippen LogP contribution in [0, 0.1) is 15.9 Å². The summed E-state index contributed by atoms with van der Waals surface area (Å²) < 4.78 is 13.3. The van der Waals surface area contributed by atoms with Crippen LogP contribution in [-0.4, -0.2) is 41.9 Å². The molecule has 1 saturated heterocycles. The first-order valence-electron chi connectivity index (χ1n) is 7.59. The van der Waals surface area contributed by atoms with Crippen molar-refractivity contribution in [2.75, 3.05) is 31.1 Å². The van der Waals surface area contributed by atoms with Crippen molar-refractivity contribution in [3.8, 4) is 0 Å². The van der Waals surface area contributed by atoms with Crippen molar-refractivity contribution in [3.05, 3.63) is 70.0 Å². The lowest BCUT2D eigenvalue weighted by Gasteiger charge is -2.35. The number of piperazine rings is 1. The number of nitro groups is 1. The number of nitrogens with zero attached hydrogens (tertiary/aromatic N) is 3. The molecular weight excluding hydrogens is 313 g/mol. The Hall–Kier alpha value is -2.96. The molecule has 0 saturated carbocycles. The number of hydrogen-bond acceptors (Lipinski definition) is 4. The van der Waals surface area contributed by atoms with Gasteiger partial charge in [-0.3, -0.25) is 14.9 Å². The van der Waals surface area contributed by atoms with Crippen molar-refractivity contribution in [1.29, 1.82) is 0 Å². The summed E-state index contributed by atoms with van der Waals surface area (Å²) in [4.78, 5) is 26.7. The van der Waals surface area contributed by atoms with Crippen LogP contribution in [0.4, 0.5) is 15.8 Å². The highest BCUT2D eigenvalue weighted by Crippen LogP contribution is 2.28. The second kappa shape index (κ2) is 6.66.